The number of nitrogens with two attached hydrogens (primary N) is 1. The van der Waals surface area contributed by atoms with Crippen molar-refractivity contribution in [3.63, 3.8) is 0 Å². The van der Waals surface area contributed by atoms with Gasteiger partial charge in [-0.3, -0.25) is 0 Å². The first-order valence-electron chi connectivity index (χ1n) is 4.00. The highest BCUT2D eigenvalue weighted by Gasteiger charge is 2.14. The minimum Gasteiger partial charge on any atom is -0.508 e. The van der Waals surface area contributed by atoms with Gasteiger partial charge in [0, 0.05) is 5.54 Å². The summed E-state index contributed by atoms with van der Waals surface area (Å²) in [4.78, 5) is 0. The summed E-state index contributed by atoms with van der Waals surface area (Å²) in [5, 5.41) is 9.27. The molecule has 0 aromatic heterocycles. The van der Waals surface area contributed by atoms with Gasteiger partial charge >= 0.3 is 0 Å². The Morgan fingerprint density at radius 1 is 1.33 bits per heavy atom. The highest BCUT2D eigenvalue weighted by Crippen LogP contribution is 2.23. The van der Waals surface area contributed by atoms with E-state index in [4.69, 9.17) is 5.73 Å². The van der Waals surface area contributed by atoms with Crippen LogP contribution >= 0.6 is 0 Å². The Labute approximate surface area is 73.0 Å². The van der Waals surface area contributed by atoms with E-state index in [1.807, 2.05) is 32.9 Å². The minimum atomic E-state index is -0.335. The lowest BCUT2D eigenvalue weighted by atomic mass is 9.94. The standard InChI is InChI=1S/C10H15NO/c1-7-6-8(10(2,3)11)4-5-9(7)12/h4-6,12H,11H2,1-3H3. The third-order valence-electron chi connectivity index (χ3n) is 1.94. The number of hydrogen-bond acceptors (Lipinski definition) is 2. The van der Waals surface area contributed by atoms with Crippen molar-refractivity contribution < 1.29 is 5.11 Å². The van der Waals surface area contributed by atoms with Crippen LogP contribution in [0.5, 0.6) is 5.75 Å². The molecule has 1 rings (SSSR count). The molecule has 0 radical (unpaired) electrons. The van der Waals surface area contributed by atoms with Gasteiger partial charge in [0.05, 0.1) is 0 Å². The molecule has 0 bridgehead atoms. The Morgan fingerprint density at radius 2 is 1.92 bits per heavy atom. The van der Waals surface area contributed by atoms with Crippen LogP contribution in [0, 0.1) is 6.92 Å². The van der Waals surface area contributed by atoms with E-state index in [0.29, 0.717) is 5.75 Å². The lowest BCUT2D eigenvalue weighted by molar-refractivity contribution is 0.469. The van der Waals surface area contributed by atoms with Gasteiger partial charge in [-0.1, -0.05) is 12.1 Å². The molecule has 0 unspecified atom stereocenters. The number of rotatable bonds is 1. The molecule has 0 saturated heterocycles. The Kier molecular flexibility index (Phi) is 2.11. The van der Waals surface area contributed by atoms with Crippen molar-refractivity contribution in [3.8, 4) is 5.75 Å². The van der Waals surface area contributed by atoms with Gasteiger partial charge in [0.15, 0.2) is 0 Å². The fourth-order valence-corrected chi connectivity index (χ4v) is 1.06. The fourth-order valence-electron chi connectivity index (χ4n) is 1.06. The van der Waals surface area contributed by atoms with Crippen molar-refractivity contribution in [2.24, 2.45) is 5.73 Å². The summed E-state index contributed by atoms with van der Waals surface area (Å²) < 4.78 is 0. The molecule has 0 fully saturated rings. The summed E-state index contributed by atoms with van der Waals surface area (Å²) in [6.07, 6.45) is 0. The van der Waals surface area contributed by atoms with E-state index in [1.165, 1.54) is 0 Å². The van der Waals surface area contributed by atoms with Crippen molar-refractivity contribution in [2.45, 2.75) is 26.3 Å². The van der Waals surface area contributed by atoms with Gasteiger partial charge in [-0.2, -0.15) is 0 Å². The molecule has 1 aromatic carbocycles. The zero-order valence-corrected chi connectivity index (χ0v) is 7.76. The second kappa shape index (κ2) is 2.79. The predicted molar refractivity (Wildman–Crippen MR) is 50.1 cm³/mol. The second-order valence-electron chi connectivity index (χ2n) is 3.72. The van der Waals surface area contributed by atoms with Crippen LogP contribution in [0.3, 0.4) is 0 Å². The van der Waals surface area contributed by atoms with Gasteiger partial charge in [0.1, 0.15) is 5.75 Å². The first-order chi connectivity index (χ1) is 5.41. The van der Waals surface area contributed by atoms with E-state index in [0.717, 1.165) is 11.1 Å². The number of aromatic hydroxyl groups is 1. The summed E-state index contributed by atoms with van der Waals surface area (Å²) in [7, 11) is 0. The summed E-state index contributed by atoms with van der Waals surface area (Å²) in [6, 6.07) is 5.44. The highest BCUT2D eigenvalue weighted by molar-refractivity contribution is 5.37. The Bertz CT molecular complexity index is 286. The van der Waals surface area contributed by atoms with E-state index in [9.17, 15) is 5.11 Å². The molecule has 2 nitrogen and oxygen atoms in total. The molecule has 0 aliphatic heterocycles. The third-order valence-corrected chi connectivity index (χ3v) is 1.94. The van der Waals surface area contributed by atoms with Gasteiger partial charge < -0.3 is 10.8 Å². The molecule has 2 heteroatoms. The average molecular weight is 165 g/mol. The van der Waals surface area contributed by atoms with Crippen LogP contribution in [0.1, 0.15) is 25.0 Å². The maximum Gasteiger partial charge on any atom is 0.118 e. The molecular weight excluding hydrogens is 150 g/mol. The molecule has 1 aromatic rings. The van der Waals surface area contributed by atoms with E-state index >= 15 is 0 Å². The van der Waals surface area contributed by atoms with Crippen molar-refractivity contribution in [1.82, 2.24) is 0 Å². The Morgan fingerprint density at radius 3 is 2.33 bits per heavy atom. The molecule has 0 atom stereocenters. The molecule has 0 heterocycles. The molecule has 0 spiro atoms. The number of phenols is 1. The molecule has 0 aliphatic carbocycles. The molecule has 0 amide bonds. The summed E-state index contributed by atoms with van der Waals surface area (Å²) in [6.45, 7) is 5.75. The summed E-state index contributed by atoms with van der Waals surface area (Å²) >= 11 is 0. The fraction of sp³-hybridized carbons (Fsp3) is 0.400. The lowest BCUT2D eigenvalue weighted by Crippen LogP contribution is -2.28. The highest BCUT2D eigenvalue weighted by atomic mass is 16.3. The largest absolute Gasteiger partial charge is 0.508 e. The van der Waals surface area contributed by atoms with Crippen LogP contribution in [-0.2, 0) is 5.54 Å². The van der Waals surface area contributed by atoms with Crippen LogP contribution in [0.15, 0.2) is 18.2 Å². The zero-order chi connectivity index (χ0) is 9.35. The van der Waals surface area contributed by atoms with E-state index < -0.39 is 0 Å². The van der Waals surface area contributed by atoms with Gasteiger partial charge in [0.2, 0.25) is 0 Å². The molecule has 0 aliphatic rings. The van der Waals surface area contributed by atoms with Gasteiger partial charge in [-0.25, -0.2) is 0 Å². The lowest BCUT2D eigenvalue weighted by Gasteiger charge is -2.19. The van der Waals surface area contributed by atoms with Crippen molar-refractivity contribution in [1.29, 1.82) is 0 Å². The van der Waals surface area contributed by atoms with Crippen LogP contribution in [0.4, 0.5) is 0 Å². The number of phenolic OH excluding ortho intramolecular Hbond substituents is 1. The first kappa shape index (κ1) is 9.07. The molecular formula is C10H15NO. The monoisotopic (exact) mass is 165 g/mol. The van der Waals surface area contributed by atoms with Gasteiger partial charge in [-0.15, -0.1) is 0 Å². The van der Waals surface area contributed by atoms with Crippen LogP contribution in [0.25, 0.3) is 0 Å². The average Bonchev–Trinajstić information content (AvgIpc) is 1.92. The Balaban J connectivity index is 3.14. The Hall–Kier alpha value is -1.02. The van der Waals surface area contributed by atoms with E-state index in [2.05, 4.69) is 0 Å². The molecule has 66 valence electrons. The molecule has 3 N–H and O–H groups in total. The number of benzene rings is 1. The van der Waals surface area contributed by atoms with E-state index in [-0.39, 0.29) is 5.54 Å². The minimum absolute atomic E-state index is 0.322. The maximum atomic E-state index is 9.27. The van der Waals surface area contributed by atoms with E-state index in [1.54, 1.807) is 6.07 Å². The van der Waals surface area contributed by atoms with Gasteiger partial charge in [-0.05, 0) is 38.0 Å². The summed E-state index contributed by atoms with van der Waals surface area (Å²) in [5.41, 5.74) is 7.47. The number of aryl methyl sites for hydroxylation is 1. The van der Waals surface area contributed by atoms with Crippen LogP contribution in [-0.4, -0.2) is 5.11 Å². The predicted octanol–water partition coefficient (Wildman–Crippen LogP) is 1.89. The molecule has 12 heavy (non-hydrogen) atoms. The van der Waals surface area contributed by atoms with Crippen molar-refractivity contribution in [2.75, 3.05) is 0 Å². The second-order valence-corrected chi connectivity index (χ2v) is 3.72. The van der Waals surface area contributed by atoms with Gasteiger partial charge in [0.25, 0.3) is 0 Å². The maximum absolute atomic E-state index is 9.27. The smallest absolute Gasteiger partial charge is 0.118 e. The van der Waals surface area contributed by atoms with Crippen LogP contribution in [0.2, 0.25) is 0 Å². The number of hydrogen-bond donors (Lipinski definition) is 2. The van der Waals surface area contributed by atoms with Crippen molar-refractivity contribution in [3.05, 3.63) is 29.3 Å². The quantitative estimate of drug-likeness (QED) is 0.667. The zero-order valence-electron chi connectivity index (χ0n) is 7.76. The van der Waals surface area contributed by atoms with Crippen molar-refractivity contribution >= 4 is 0 Å². The topological polar surface area (TPSA) is 46.2 Å². The molecule has 0 saturated carbocycles. The first-order valence-corrected chi connectivity index (χ1v) is 4.00. The normalized spacial score (nSPS) is 11.7. The SMILES string of the molecule is Cc1cc(C(C)(C)N)ccc1O. The summed E-state index contributed by atoms with van der Waals surface area (Å²) in [5.74, 6) is 0.322. The third kappa shape index (κ3) is 1.77. The van der Waals surface area contributed by atoms with Crippen LogP contribution < -0.4 is 5.73 Å².